The molecular formula is C9H16O6. The number of carbonyl (C=O) groups excluding carboxylic acids is 2. The smallest absolute Gasteiger partial charge is 0.435 e. The van der Waals surface area contributed by atoms with Crippen LogP contribution in [0.3, 0.4) is 0 Å². The highest BCUT2D eigenvalue weighted by molar-refractivity contribution is 5.62. The Hall–Kier alpha value is -1.46. The van der Waals surface area contributed by atoms with Gasteiger partial charge >= 0.3 is 12.3 Å². The summed E-state index contributed by atoms with van der Waals surface area (Å²) in [5, 5.41) is 0. The molecule has 0 aromatic carbocycles. The fraction of sp³-hybridized carbons (Fsp3) is 0.778. The molecule has 0 aromatic rings. The van der Waals surface area contributed by atoms with Crippen molar-refractivity contribution >= 4 is 12.3 Å². The van der Waals surface area contributed by atoms with Crippen molar-refractivity contribution in [1.82, 2.24) is 0 Å². The Labute approximate surface area is 88.4 Å². The first-order valence-electron chi connectivity index (χ1n) is 4.66. The van der Waals surface area contributed by atoms with Gasteiger partial charge in [0.15, 0.2) is 0 Å². The van der Waals surface area contributed by atoms with Crippen molar-refractivity contribution in [3.05, 3.63) is 0 Å². The zero-order valence-electron chi connectivity index (χ0n) is 9.31. The van der Waals surface area contributed by atoms with Crippen LogP contribution in [-0.4, -0.2) is 31.3 Å². The molecule has 1 atom stereocenters. The van der Waals surface area contributed by atoms with Gasteiger partial charge < -0.3 is 18.9 Å². The summed E-state index contributed by atoms with van der Waals surface area (Å²) in [6, 6.07) is 0. The molecule has 1 unspecified atom stereocenters. The first-order chi connectivity index (χ1) is 6.95. The number of rotatable bonds is 4. The molecule has 0 heterocycles. The molecular weight excluding hydrogens is 204 g/mol. The third kappa shape index (κ3) is 7.60. The number of carbonyl (C=O) groups is 2. The van der Waals surface area contributed by atoms with Gasteiger partial charge in [-0.3, -0.25) is 0 Å². The van der Waals surface area contributed by atoms with Gasteiger partial charge in [-0.05, 0) is 20.8 Å². The molecule has 0 spiro atoms. The number of ether oxygens (including phenoxy) is 4. The summed E-state index contributed by atoms with van der Waals surface area (Å²) >= 11 is 0. The van der Waals surface area contributed by atoms with Crippen molar-refractivity contribution in [2.24, 2.45) is 0 Å². The molecule has 0 radical (unpaired) electrons. The lowest BCUT2D eigenvalue weighted by atomic mass is 10.5. The Bertz CT molecular complexity index is 213. The summed E-state index contributed by atoms with van der Waals surface area (Å²) in [4.78, 5) is 21.7. The van der Waals surface area contributed by atoms with Gasteiger partial charge in [0.1, 0.15) is 0 Å². The van der Waals surface area contributed by atoms with Crippen LogP contribution < -0.4 is 0 Å². The Balaban J connectivity index is 3.77. The summed E-state index contributed by atoms with van der Waals surface area (Å²) in [5.41, 5.74) is 0. The molecule has 6 nitrogen and oxygen atoms in total. The van der Waals surface area contributed by atoms with Crippen LogP contribution in [0.4, 0.5) is 9.59 Å². The molecule has 0 amide bonds. The largest absolute Gasteiger partial charge is 0.511 e. The van der Waals surface area contributed by atoms with E-state index in [1.807, 2.05) is 0 Å². The van der Waals surface area contributed by atoms with Crippen LogP contribution in [0.5, 0.6) is 0 Å². The first kappa shape index (κ1) is 13.5. The summed E-state index contributed by atoms with van der Waals surface area (Å²) < 4.78 is 18.3. The van der Waals surface area contributed by atoms with Gasteiger partial charge in [0.2, 0.25) is 0 Å². The van der Waals surface area contributed by atoms with Gasteiger partial charge in [0, 0.05) is 6.92 Å². The fourth-order valence-electron chi connectivity index (χ4n) is 0.667. The number of hydrogen-bond acceptors (Lipinski definition) is 6. The van der Waals surface area contributed by atoms with E-state index in [9.17, 15) is 9.59 Å². The molecule has 0 saturated carbocycles. The lowest BCUT2D eigenvalue weighted by Crippen LogP contribution is -2.24. The SMILES string of the molecule is CCOC(=O)OC(C)OC(=O)OC(C)C. The highest BCUT2D eigenvalue weighted by Gasteiger charge is 2.16. The maximum atomic E-state index is 10.9. The first-order valence-corrected chi connectivity index (χ1v) is 4.66. The molecule has 0 aliphatic rings. The minimum atomic E-state index is -1.03. The van der Waals surface area contributed by atoms with Crippen molar-refractivity contribution in [1.29, 1.82) is 0 Å². The van der Waals surface area contributed by atoms with E-state index in [2.05, 4.69) is 18.9 Å². The second kappa shape index (κ2) is 6.92. The zero-order chi connectivity index (χ0) is 11.8. The van der Waals surface area contributed by atoms with Crippen LogP contribution in [0.2, 0.25) is 0 Å². The predicted octanol–water partition coefficient (Wildman–Crippen LogP) is 2.07. The minimum absolute atomic E-state index is 0.196. The summed E-state index contributed by atoms with van der Waals surface area (Å²) in [6.07, 6.45) is -3.09. The lowest BCUT2D eigenvalue weighted by Gasteiger charge is -2.14. The van der Waals surface area contributed by atoms with Crippen molar-refractivity contribution < 1.29 is 28.5 Å². The second-order valence-corrected chi connectivity index (χ2v) is 2.90. The fourth-order valence-corrected chi connectivity index (χ4v) is 0.667. The monoisotopic (exact) mass is 220 g/mol. The Kier molecular flexibility index (Phi) is 6.24. The quantitative estimate of drug-likeness (QED) is 0.533. The van der Waals surface area contributed by atoms with E-state index in [0.29, 0.717) is 0 Å². The van der Waals surface area contributed by atoms with Gasteiger partial charge in [-0.15, -0.1) is 0 Å². The summed E-state index contributed by atoms with van der Waals surface area (Å²) in [6.45, 7) is 6.58. The van der Waals surface area contributed by atoms with Crippen molar-refractivity contribution in [3.63, 3.8) is 0 Å². The van der Waals surface area contributed by atoms with Crippen LogP contribution >= 0.6 is 0 Å². The molecule has 0 N–H and O–H groups in total. The molecule has 88 valence electrons. The molecule has 6 heteroatoms. The van der Waals surface area contributed by atoms with E-state index in [-0.39, 0.29) is 12.7 Å². The Morgan fingerprint density at radius 2 is 1.53 bits per heavy atom. The van der Waals surface area contributed by atoms with Crippen LogP contribution in [0.15, 0.2) is 0 Å². The van der Waals surface area contributed by atoms with Gasteiger partial charge in [-0.25, -0.2) is 9.59 Å². The van der Waals surface area contributed by atoms with E-state index in [4.69, 9.17) is 0 Å². The van der Waals surface area contributed by atoms with Crippen molar-refractivity contribution in [2.45, 2.75) is 40.1 Å². The maximum Gasteiger partial charge on any atom is 0.511 e. The normalized spacial score (nSPS) is 11.8. The highest BCUT2D eigenvalue weighted by Crippen LogP contribution is 2.00. The second-order valence-electron chi connectivity index (χ2n) is 2.90. The van der Waals surface area contributed by atoms with Gasteiger partial charge in [-0.2, -0.15) is 0 Å². The summed E-state index contributed by atoms with van der Waals surface area (Å²) in [7, 11) is 0. The molecule has 0 bridgehead atoms. The molecule has 0 aliphatic carbocycles. The molecule has 0 aromatic heterocycles. The highest BCUT2D eigenvalue weighted by atomic mass is 16.8. The Morgan fingerprint density at radius 3 is 2.00 bits per heavy atom. The zero-order valence-corrected chi connectivity index (χ0v) is 9.31. The van der Waals surface area contributed by atoms with Gasteiger partial charge in [-0.1, -0.05) is 0 Å². The van der Waals surface area contributed by atoms with E-state index in [0.717, 1.165) is 0 Å². The Morgan fingerprint density at radius 1 is 1.00 bits per heavy atom. The topological polar surface area (TPSA) is 71.1 Å². The van der Waals surface area contributed by atoms with Crippen molar-refractivity contribution in [3.8, 4) is 0 Å². The van der Waals surface area contributed by atoms with Gasteiger partial charge in [0.05, 0.1) is 12.7 Å². The van der Waals surface area contributed by atoms with E-state index in [1.165, 1.54) is 6.92 Å². The van der Waals surface area contributed by atoms with E-state index in [1.54, 1.807) is 20.8 Å². The molecule has 0 fully saturated rings. The lowest BCUT2D eigenvalue weighted by molar-refractivity contribution is -0.0972. The van der Waals surface area contributed by atoms with Crippen LogP contribution in [0.1, 0.15) is 27.7 Å². The molecule has 0 aliphatic heterocycles. The van der Waals surface area contributed by atoms with E-state index < -0.39 is 18.6 Å². The predicted molar refractivity (Wildman–Crippen MR) is 50.3 cm³/mol. The average Bonchev–Trinajstić information content (AvgIpc) is 2.00. The van der Waals surface area contributed by atoms with E-state index >= 15 is 0 Å². The molecule has 0 saturated heterocycles. The molecule has 0 rings (SSSR count). The standard InChI is InChI=1S/C9H16O6/c1-5-12-8(10)14-7(4)15-9(11)13-6(2)3/h6-7H,5H2,1-4H3. The maximum absolute atomic E-state index is 10.9. The van der Waals surface area contributed by atoms with Crippen LogP contribution in [-0.2, 0) is 18.9 Å². The third-order valence-corrected chi connectivity index (χ3v) is 1.12. The van der Waals surface area contributed by atoms with Crippen LogP contribution in [0, 0.1) is 0 Å². The van der Waals surface area contributed by atoms with Gasteiger partial charge in [0.25, 0.3) is 6.29 Å². The number of hydrogen-bond donors (Lipinski definition) is 0. The van der Waals surface area contributed by atoms with Crippen molar-refractivity contribution in [2.75, 3.05) is 6.61 Å². The van der Waals surface area contributed by atoms with Crippen LogP contribution in [0.25, 0.3) is 0 Å². The third-order valence-electron chi connectivity index (χ3n) is 1.12. The minimum Gasteiger partial charge on any atom is -0.435 e. The molecule has 15 heavy (non-hydrogen) atoms. The average molecular weight is 220 g/mol. The summed E-state index contributed by atoms with van der Waals surface area (Å²) in [5.74, 6) is 0.